The first-order valence-corrected chi connectivity index (χ1v) is 4.04. The molecule has 1 rings (SSSR count). The van der Waals surface area contributed by atoms with E-state index in [1.807, 2.05) is 7.05 Å². The highest BCUT2D eigenvalue weighted by molar-refractivity contribution is 5.10. The lowest BCUT2D eigenvalue weighted by Crippen LogP contribution is -2.07. The number of aromatic amines is 1. The molecule has 0 spiro atoms. The molecule has 0 atom stereocenters. The zero-order chi connectivity index (χ0) is 8.10. The molecule has 0 aliphatic carbocycles. The molecule has 2 N–H and O–H groups in total. The molecular formula is C8H15N3. The van der Waals surface area contributed by atoms with E-state index in [4.69, 9.17) is 0 Å². The molecule has 3 heteroatoms. The van der Waals surface area contributed by atoms with Crippen LogP contribution in [0.4, 0.5) is 0 Å². The number of aromatic nitrogens is 2. The Morgan fingerprint density at radius 3 is 3.09 bits per heavy atom. The smallest absolute Gasteiger partial charge is 0.0925 e. The number of hydrogen-bond donors (Lipinski definition) is 2. The Bertz CT molecular complexity index is 184. The van der Waals surface area contributed by atoms with Gasteiger partial charge in [-0.15, -0.1) is 0 Å². The number of imidazole rings is 1. The lowest BCUT2D eigenvalue weighted by atomic mass is 10.2. The number of aryl methyl sites for hydroxylation is 1. The fourth-order valence-corrected chi connectivity index (χ4v) is 1.13. The normalized spacial score (nSPS) is 10.4. The summed E-state index contributed by atoms with van der Waals surface area (Å²) in [6, 6.07) is 0. The van der Waals surface area contributed by atoms with Crippen molar-refractivity contribution >= 4 is 0 Å². The van der Waals surface area contributed by atoms with E-state index in [1.54, 1.807) is 6.33 Å². The molecule has 11 heavy (non-hydrogen) atoms. The van der Waals surface area contributed by atoms with Crippen LogP contribution < -0.4 is 5.32 Å². The minimum absolute atomic E-state index is 0.884. The maximum atomic E-state index is 4.23. The molecule has 0 aliphatic rings. The Morgan fingerprint density at radius 2 is 2.45 bits per heavy atom. The fourth-order valence-electron chi connectivity index (χ4n) is 1.13. The number of nitrogens with one attached hydrogen (secondary N) is 2. The molecule has 0 fully saturated rings. The molecule has 1 heterocycles. The van der Waals surface area contributed by atoms with Crippen molar-refractivity contribution in [3.63, 3.8) is 0 Å². The Hall–Kier alpha value is -0.830. The van der Waals surface area contributed by atoms with Crippen LogP contribution in [0.15, 0.2) is 6.33 Å². The third-order valence-electron chi connectivity index (χ3n) is 1.65. The van der Waals surface area contributed by atoms with E-state index in [9.17, 15) is 0 Å². The van der Waals surface area contributed by atoms with E-state index >= 15 is 0 Å². The van der Waals surface area contributed by atoms with E-state index < -0.39 is 0 Å². The van der Waals surface area contributed by atoms with E-state index in [0.717, 1.165) is 19.4 Å². The first kappa shape index (κ1) is 8.27. The van der Waals surface area contributed by atoms with Gasteiger partial charge in [0.25, 0.3) is 0 Å². The molecule has 0 saturated heterocycles. The molecule has 0 aromatic carbocycles. The van der Waals surface area contributed by atoms with Crippen LogP contribution in [0.1, 0.15) is 24.7 Å². The van der Waals surface area contributed by atoms with Gasteiger partial charge < -0.3 is 10.3 Å². The van der Waals surface area contributed by atoms with Crippen LogP contribution >= 0.6 is 0 Å². The maximum Gasteiger partial charge on any atom is 0.0925 e. The molecule has 0 saturated carbocycles. The van der Waals surface area contributed by atoms with Crippen LogP contribution in [-0.2, 0) is 13.0 Å². The van der Waals surface area contributed by atoms with E-state index in [1.165, 1.54) is 11.4 Å². The third-order valence-corrected chi connectivity index (χ3v) is 1.65. The Balaban J connectivity index is 2.62. The molecule has 0 amide bonds. The fraction of sp³-hybridized carbons (Fsp3) is 0.625. The molecule has 62 valence electrons. The summed E-state index contributed by atoms with van der Waals surface area (Å²) in [6.45, 7) is 3.05. The summed E-state index contributed by atoms with van der Waals surface area (Å²) in [5.74, 6) is 0. The van der Waals surface area contributed by atoms with Crippen molar-refractivity contribution in [3.05, 3.63) is 17.7 Å². The summed E-state index contributed by atoms with van der Waals surface area (Å²) in [5.41, 5.74) is 2.41. The van der Waals surface area contributed by atoms with Crippen LogP contribution in [0.5, 0.6) is 0 Å². The molecule has 0 aliphatic heterocycles. The van der Waals surface area contributed by atoms with Crippen LogP contribution in [0.2, 0.25) is 0 Å². The van der Waals surface area contributed by atoms with Gasteiger partial charge in [0.05, 0.1) is 17.7 Å². The monoisotopic (exact) mass is 153 g/mol. The van der Waals surface area contributed by atoms with Crippen LogP contribution in [0.25, 0.3) is 0 Å². The predicted molar refractivity (Wildman–Crippen MR) is 45.3 cm³/mol. The Kier molecular flexibility index (Phi) is 3.11. The Morgan fingerprint density at radius 1 is 1.64 bits per heavy atom. The quantitative estimate of drug-likeness (QED) is 0.679. The van der Waals surface area contributed by atoms with Crippen LogP contribution in [0, 0.1) is 0 Å². The SMILES string of the molecule is CCCc1nc[nH]c1CNC. The lowest BCUT2D eigenvalue weighted by molar-refractivity contribution is 0.771. The number of hydrogen-bond acceptors (Lipinski definition) is 2. The molecular weight excluding hydrogens is 138 g/mol. The van der Waals surface area contributed by atoms with Gasteiger partial charge in [0.2, 0.25) is 0 Å². The minimum atomic E-state index is 0.884. The summed E-state index contributed by atoms with van der Waals surface area (Å²) in [6.07, 6.45) is 3.99. The van der Waals surface area contributed by atoms with Crippen molar-refractivity contribution in [2.24, 2.45) is 0 Å². The van der Waals surface area contributed by atoms with E-state index in [0.29, 0.717) is 0 Å². The molecule has 3 nitrogen and oxygen atoms in total. The highest BCUT2D eigenvalue weighted by atomic mass is 14.9. The highest BCUT2D eigenvalue weighted by Gasteiger charge is 2.01. The van der Waals surface area contributed by atoms with Crippen LogP contribution in [0.3, 0.4) is 0 Å². The molecule has 1 aromatic heterocycles. The average Bonchev–Trinajstić information content (AvgIpc) is 2.39. The second kappa shape index (κ2) is 4.13. The van der Waals surface area contributed by atoms with Gasteiger partial charge in [-0.3, -0.25) is 0 Å². The summed E-state index contributed by atoms with van der Waals surface area (Å²) in [4.78, 5) is 7.35. The van der Waals surface area contributed by atoms with E-state index in [-0.39, 0.29) is 0 Å². The third kappa shape index (κ3) is 2.05. The summed E-state index contributed by atoms with van der Waals surface area (Å²) >= 11 is 0. The number of H-pyrrole nitrogens is 1. The predicted octanol–water partition coefficient (Wildman–Crippen LogP) is 1.08. The summed E-state index contributed by atoms with van der Waals surface area (Å²) in [5, 5.41) is 3.10. The van der Waals surface area contributed by atoms with Gasteiger partial charge >= 0.3 is 0 Å². The maximum absolute atomic E-state index is 4.23. The van der Waals surface area contributed by atoms with Crippen molar-refractivity contribution in [2.75, 3.05) is 7.05 Å². The average molecular weight is 153 g/mol. The largest absolute Gasteiger partial charge is 0.347 e. The van der Waals surface area contributed by atoms with Gasteiger partial charge in [-0.2, -0.15) is 0 Å². The summed E-state index contributed by atoms with van der Waals surface area (Å²) < 4.78 is 0. The van der Waals surface area contributed by atoms with Gasteiger partial charge in [-0.05, 0) is 13.5 Å². The topological polar surface area (TPSA) is 40.7 Å². The zero-order valence-corrected chi connectivity index (χ0v) is 7.15. The van der Waals surface area contributed by atoms with Gasteiger partial charge in [0, 0.05) is 6.54 Å². The van der Waals surface area contributed by atoms with Gasteiger partial charge in [0.15, 0.2) is 0 Å². The van der Waals surface area contributed by atoms with Crippen molar-refractivity contribution in [1.82, 2.24) is 15.3 Å². The van der Waals surface area contributed by atoms with Crippen molar-refractivity contribution in [2.45, 2.75) is 26.3 Å². The van der Waals surface area contributed by atoms with Gasteiger partial charge in [-0.1, -0.05) is 13.3 Å². The highest BCUT2D eigenvalue weighted by Crippen LogP contribution is 2.04. The summed E-state index contributed by atoms with van der Waals surface area (Å²) in [7, 11) is 1.94. The van der Waals surface area contributed by atoms with Crippen molar-refractivity contribution in [3.8, 4) is 0 Å². The van der Waals surface area contributed by atoms with E-state index in [2.05, 4.69) is 22.2 Å². The number of nitrogens with zero attached hydrogens (tertiary/aromatic N) is 1. The Labute approximate surface area is 67.2 Å². The van der Waals surface area contributed by atoms with Gasteiger partial charge in [-0.25, -0.2) is 4.98 Å². The second-order valence-electron chi connectivity index (χ2n) is 2.61. The molecule has 0 radical (unpaired) electrons. The molecule has 1 aromatic rings. The number of rotatable bonds is 4. The van der Waals surface area contributed by atoms with Gasteiger partial charge in [0.1, 0.15) is 0 Å². The van der Waals surface area contributed by atoms with Crippen molar-refractivity contribution in [1.29, 1.82) is 0 Å². The molecule has 0 unspecified atom stereocenters. The molecule has 0 bridgehead atoms. The second-order valence-corrected chi connectivity index (χ2v) is 2.61. The standard InChI is InChI=1S/C8H15N3/c1-3-4-7-8(5-9-2)11-6-10-7/h6,9H,3-5H2,1-2H3,(H,10,11). The zero-order valence-electron chi connectivity index (χ0n) is 7.15. The van der Waals surface area contributed by atoms with Crippen LogP contribution in [-0.4, -0.2) is 17.0 Å². The first-order valence-electron chi connectivity index (χ1n) is 4.04. The lowest BCUT2D eigenvalue weighted by Gasteiger charge is -1.98. The van der Waals surface area contributed by atoms with Crippen molar-refractivity contribution < 1.29 is 0 Å². The minimum Gasteiger partial charge on any atom is -0.347 e. The first-order chi connectivity index (χ1) is 5.38.